The molecule has 2 heteroatoms. The molecule has 0 aliphatic heterocycles. The van der Waals surface area contributed by atoms with Gasteiger partial charge in [0, 0.05) is 5.69 Å². The van der Waals surface area contributed by atoms with E-state index in [1.807, 2.05) is 30.3 Å². The highest BCUT2D eigenvalue weighted by Gasteiger charge is 2.09. The summed E-state index contributed by atoms with van der Waals surface area (Å²) in [5, 5.41) is 9.26. The number of anilines is 1. The van der Waals surface area contributed by atoms with Gasteiger partial charge in [-0.1, -0.05) is 42.5 Å². The van der Waals surface area contributed by atoms with E-state index >= 15 is 0 Å². The minimum Gasteiger partial charge on any atom is -0.399 e. The lowest BCUT2D eigenvalue weighted by atomic mass is 9.93. The molecule has 0 aliphatic rings. The molecule has 2 aromatic carbocycles. The fourth-order valence-corrected chi connectivity index (χ4v) is 2.19. The van der Waals surface area contributed by atoms with E-state index in [2.05, 4.69) is 30.3 Å². The van der Waals surface area contributed by atoms with Crippen LogP contribution in [0.25, 0.3) is 0 Å². The van der Waals surface area contributed by atoms with Gasteiger partial charge in [-0.25, -0.2) is 0 Å². The van der Waals surface area contributed by atoms with Crippen molar-refractivity contribution in [3.63, 3.8) is 0 Å². The molecule has 0 radical (unpaired) electrons. The molecule has 0 unspecified atom stereocenters. The Morgan fingerprint density at radius 3 is 2.32 bits per heavy atom. The van der Waals surface area contributed by atoms with Crippen molar-refractivity contribution in [1.29, 1.82) is 5.26 Å². The lowest BCUT2D eigenvalue weighted by Crippen LogP contribution is -1.98. The van der Waals surface area contributed by atoms with Crippen molar-refractivity contribution in [2.45, 2.75) is 25.2 Å². The first-order chi connectivity index (χ1) is 9.29. The quantitative estimate of drug-likeness (QED) is 0.818. The first kappa shape index (κ1) is 13.2. The SMILES string of the molecule is N#C[C@H](CCCc1ccccc1)c1ccc(N)cc1. The van der Waals surface area contributed by atoms with Crippen LogP contribution in [0.2, 0.25) is 0 Å². The average Bonchev–Trinajstić information content (AvgIpc) is 2.46. The molecule has 0 fully saturated rings. The maximum atomic E-state index is 9.26. The van der Waals surface area contributed by atoms with Crippen LogP contribution in [-0.2, 0) is 6.42 Å². The van der Waals surface area contributed by atoms with Gasteiger partial charge in [-0.3, -0.25) is 0 Å². The van der Waals surface area contributed by atoms with E-state index in [-0.39, 0.29) is 5.92 Å². The highest BCUT2D eigenvalue weighted by atomic mass is 14.5. The number of hydrogen-bond donors (Lipinski definition) is 1. The molecule has 0 bridgehead atoms. The predicted octanol–water partition coefficient (Wildman–Crippen LogP) is 3.90. The lowest BCUT2D eigenvalue weighted by Gasteiger charge is -2.09. The van der Waals surface area contributed by atoms with E-state index in [1.165, 1.54) is 5.56 Å². The Morgan fingerprint density at radius 2 is 1.68 bits per heavy atom. The number of nitrogen functional groups attached to an aromatic ring is 1. The van der Waals surface area contributed by atoms with Gasteiger partial charge < -0.3 is 5.73 Å². The minimum atomic E-state index is -0.0377. The van der Waals surface area contributed by atoms with E-state index in [0.29, 0.717) is 0 Å². The van der Waals surface area contributed by atoms with Gasteiger partial charge in [-0.15, -0.1) is 0 Å². The molecule has 0 aromatic heterocycles. The Morgan fingerprint density at radius 1 is 1.00 bits per heavy atom. The van der Waals surface area contributed by atoms with Crippen molar-refractivity contribution in [3.8, 4) is 6.07 Å². The van der Waals surface area contributed by atoms with E-state index in [0.717, 1.165) is 30.5 Å². The van der Waals surface area contributed by atoms with Gasteiger partial charge in [0.15, 0.2) is 0 Å². The molecule has 0 saturated carbocycles. The van der Waals surface area contributed by atoms with Crippen molar-refractivity contribution in [3.05, 3.63) is 65.7 Å². The molecule has 2 nitrogen and oxygen atoms in total. The Labute approximate surface area is 114 Å². The maximum absolute atomic E-state index is 9.26. The van der Waals surface area contributed by atoms with Crippen LogP contribution in [0.15, 0.2) is 54.6 Å². The molecule has 19 heavy (non-hydrogen) atoms. The maximum Gasteiger partial charge on any atom is 0.0712 e. The molecule has 2 aromatic rings. The molecule has 2 N–H and O–H groups in total. The standard InChI is InChI=1S/C17H18N2/c18-13-16(15-9-11-17(19)12-10-15)8-4-7-14-5-2-1-3-6-14/h1-3,5-6,9-12,16H,4,7-8,19H2/t16-/m0/s1. The van der Waals surface area contributed by atoms with Gasteiger partial charge in [0.1, 0.15) is 0 Å². The topological polar surface area (TPSA) is 49.8 Å². The second-order valence-electron chi connectivity index (χ2n) is 4.73. The Kier molecular flexibility index (Phi) is 4.58. The van der Waals surface area contributed by atoms with Crippen molar-refractivity contribution in [2.24, 2.45) is 0 Å². The molecule has 0 heterocycles. The molecule has 0 aliphatic carbocycles. The number of benzene rings is 2. The van der Waals surface area contributed by atoms with Gasteiger partial charge in [-0.05, 0) is 42.5 Å². The summed E-state index contributed by atoms with van der Waals surface area (Å²) in [5.41, 5.74) is 8.79. The Hall–Kier alpha value is -2.27. The summed E-state index contributed by atoms with van der Waals surface area (Å²) >= 11 is 0. The lowest BCUT2D eigenvalue weighted by molar-refractivity contribution is 0.684. The largest absolute Gasteiger partial charge is 0.399 e. The second-order valence-corrected chi connectivity index (χ2v) is 4.73. The zero-order chi connectivity index (χ0) is 13.5. The molecule has 0 amide bonds. The van der Waals surface area contributed by atoms with Crippen LogP contribution in [0.3, 0.4) is 0 Å². The van der Waals surface area contributed by atoms with Crippen molar-refractivity contribution in [1.82, 2.24) is 0 Å². The Bertz CT molecular complexity index is 538. The zero-order valence-electron chi connectivity index (χ0n) is 10.9. The summed E-state index contributed by atoms with van der Waals surface area (Å²) in [4.78, 5) is 0. The fourth-order valence-electron chi connectivity index (χ4n) is 2.19. The summed E-state index contributed by atoms with van der Waals surface area (Å²) in [7, 11) is 0. The van der Waals surface area contributed by atoms with Crippen LogP contribution in [-0.4, -0.2) is 0 Å². The van der Waals surface area contributed by atoms with Crippen LogP contribution in [0.4, 0.5) is 5.69 Å². The monoisotopic (exact) mass is 250 g/mol. The van der Waals surface area contributed by atoms with Gasteiger partial charge in [0.05, 0.1) is 12.0 Å². The van der Waals surface area contributed by atoms with Crippen molar-refractivity contribution >= 4 is 5.69 Å². The molecule has 96 valence electrons. The number of hydrogen-bond acceptors (Lipinski definition) is 2. The van der Waals surface area contributed by atoms with Gasteiger partial charge in [0.2, 0.25) is 0 Å². The molecular formula is C17H18N2. The van der Waals surface area contributed by atoms with E-state index in [1.54, 1.807) is 0 Å². The van der Waals surface area contributed by atoms with Crippen LogP contribution < -0.4 is 5.73 Å². The summed E-state index contributed by atoms with van der Waals surface area (Å²) in [5.74, 6) is -0.0377. The predicted molar refractivity (Wildman–Crippen MR) is 78.6 cm³/mol. The number of aryl methyl sites for hydroxylation is 1. The van der Waals surface area contributed by atoms with E-state index in [4.69, 9.17) is 5.73 Å². The molecule has 0 saturated heterocycles. The molecular weight excluding hydrogens is 232 g/mol. The van der Waals surface area contributed by atoms with E-state index in [9.17, 15) is 5.26 Å². The van der Waals surface area contributed by atoms with Crippen molar-refractivity contribution in [2.75, 3.05) is 5.73 Å². The first-order valence-corrected chi connectivity index (χ1v) is 6.58. The van der Waals surface area contributed by atoms with Crippen LogP contribution in [0.5, 0.6) is 0 Å². The molecule has 1 atom stereocenters. The van der Waals surface area contributed by atoms with Crippen molar-refractivity contribution < 1.29 is 0 Å². The van der Waals surface area contributed by atoms with Crippen LogP contribution in [0, 0.1) is 11.3 Å². The zero-order valence-corrected chi connectivity index (χ0v) is 10.9. The number of nitriles is 1. The summed E-state index contributed by atoms with van der Waals surface area (Å²) in [6, 6.07) is 20.4. The Balaban J connectivity index is 1.90. The third kappa shape index (κ3) is 3.86. The minimum absolute atomic E-state index is 0.0377. The molecule has 0 spiro atoms. The summed E-state index contributed by atoms with van der Waals surface area (Å²) < 4.78 is 0. The first-order valence-electron chi connectivity index (χ1n) is 6.58. The highest BCUT2D eigenvalue weighted by Crippen LogP contribution is 2.22. The summed E-state index contributed by atoms with van der Waals surface area (Å²) in [6.07, 6.45) is 2.93. The third-order valence-electron chi connectivity index (χ3n) is 3.30. The number of nitrogens with two attached hydrogens (primary N) is 1. The number of nitrogens with zero attached hydrogens (tertiary/aromatic N) is 1. The fraction of sp³-hybridized carbons (Fsp3) is 0.235. The van der Waals surface area contributed by atoms with Gasteiger partial charge >= 0.3 is 0 Å². The average molecular weight is 250 g/mol. The van der Waals surface area contributed by atoms with Gasteiger partial charge in [-0.2, -0.15) is 5.26 Å². The van der Waals surface area contributed by atoms with Crippen LogP contribution >= 0.6 is 0 Å². The number of rotatable bonds is 5. The molecule has 2 rings (SSSR count). The second kappa shape index (κ2) is 6.61. The third-order valence-corrected chi connectivity index (χ3v) is 3.30. The normalized spacial score (nSPS) is 11.7. The summed E-state index contributed by atoms with van der Waals surface area (Å²) in [6.45, 7) is 0. The van der Waals surface area contributed by atoms with Gasteiger partial charge in [0.25, 0.3) is 0 Å². The highest BCUT2D eigenvalue weighted by molar-refractivity contribution is 5.41. The van der Waals surface area contributed by atoms with Crippen LogP contribution in [0.1, 0.15) is 29.9 Å². The van der Waals surface area contributed by atoms with E-state index < -0.39 is 0 Å². The smallest absolute Gasteiger partial charge is 0.0712 e.